The Labute approximate surface area is 162 Å². The van der Waals surface area contributed by atoms with E-state index in [-0.39, 0.29) is 11.9 Å². The van der Waals surface area contributed by atoms with Crippen LogP contribution in [0.4, 0.5) is 0 Å². The number of hydrogen-bond acceptors (Lipinski definition) is 3. The Bertz CT molecular complexity index is 380. The predicted molar refractivity (Wildman–Crippen MR) is 109 cm³/mol. The minimum atomic E-state index is -0.478. The SMILES string of the molecule is CCCCCCCCCCCCN(CCCC(C)(C)C(=O)OC)C(C)=O. The van der Waals surface area contributed by atoms with Crippen LogP contribution in [0.5, 0.6) is 0 Å². The Morgan fingerprint density at radius 2 is 1.27 bits per heavy atom. The van der Waals surface area contributed by atoms with Crippen molar-refractivity contribution in [2.45, 2.75) is 105 Å². The highest BCUT2D eigenvalue weighted by atomic mass is 16.5. The number of esters is 1. The molecule has 0 bridgehead atoms. The molecule has 0 heterocycles. The molecular formula is C22H43NO3. The number of methoxy groups -OCH3 is 1. The lowest BCUT2D eigenvalue weighted by molar-refractivity contribution is -0.151. The van der Waals surface area contributed by atoms with E-state index in [9.17, 15) is 9.59 Å². The number of carbonyl (C=O) groups excluding carboxylic acids is 2. The molecule has 0 N–H and O–H groups in total. The first kappa shape index (κ1) is 24.9. The fourth-order valence-corrected chi connectivity index (χ4v) is 3.31. The summed E-state index contributed by atoms with van der Waals surface area (Å²) in [5.41, 5.74) is -0.478. The van der Waals surface area contributed by atoms with Gasteiger partial charge in [-0.05, 0) is 33.1 Å². The highest BCUT2D eigenvalue weighted by molar-refractivity contribution is 5.75. The molecular weight excluding hydrogens is 326 g/mol. The fraction of sp³-hybridized carbons (Fsp3) is 0.909. The molecule has 0 aromatic carbocycles. The molecule has 26 heavy (non-hydrogen) atoms. The summed E-state index contributed by atoms with van der Waals surface area (Å²) in [5.74, 6) is -0.0432. The van der Waals surface area contributed by atoms with Gasteiger partial charge in [0.2, 0.25) is 5.91 Å². The number of ether oxygens (including phenoxy) is 1. The van der Waals surface area contributed by atoms with E-state index >= 15 is 0 Å². The molecule has 154 valence electrons. The summed E-state index contributed by atoms with van der Waals surface area (Å²) < 4.78 is 4.84. The van der Waals surface area contributed by atoms with Gasteiger partial charge >= 0.3 is 5.97 Å². The number of amides is 1. The van der Waals surface area contributed by atoms with Crippen LogP contribution in [-0.2, 0) is 14.3 Å². The van der Waals surface area contributed by atoms with Crippen molar-refractivity contribution >= 4 is 11.9 Å². The van der Waals surface area contributed by atoms with Gasteiger partial charge in [-0.1, -0.05) is 64.7 Å². The lowest BCUT2D eigenvalue weighted by Crippen LogP contribution is -2.32. The van der Waals surface area contributed by atoms with E-state index in [1.54, 1.807) is 6.92 Å². The van der Waals surface area contributed by atoms with E-state index in [1.165, 1.54) is 64.9 Å². The predicted octanol–water partition coefficient (Wildman–Crippen LogP) is 5.74. The summed E-state index contributed by atoms with van der Waals surface area (Å²) in [6.07, 6.45) is 14.6. The molecule has 0 rings (SSSR count). The number of hydrogen-bond donors (Lipinski definition) is 0. The molecule has 0 aromatic rings. The van der Waals surface area contributed by atoms with Crippen LogP contribution in [0.15, 0.2) is 0 Å². The van der Waals surface area contributed by atoms with Crippen molar-refractivity contribution in [3.8, 4) is 0 Å². The van der Waals surface area contributed by atoms with Gasteiger partial charge in [-0.25, -0.2) is 0 Å². The molecule has 0 radical (unpaired) electrons. The zero-order valence-corrected chi connectivity index (χ0v) is 18.1. The van der Waals surface area contributed by atoms with Crippen LogP contribution in [0.3, 0.4) is 0 Å². The van der Waals surface area contributed by atoms with Crippen molar-refractivity contribution in [1.82, 2.24) is 4.90 Å². The molecule has 0 aromatic heterocycles. The number of rotatable bonds is 16. The Kier molecular flexibility index (Phi) is 14.4. The minimum absolute atomic E-state index is 0.136. The Hall–Kier alpha value is -1.06. The second-order valence-electron chi connectivity index (χ2n) is 8.17. The van der Waals surface area contributed by atoms with Crippen molar-refractivity contribution < 1.29 is 14.3 Å². The van der Waals surface area contributed by atoms with Crippen LogP contribution >= 0.6 is 0 Å². The average molecular weight is 370 g/mol. The summed E-state index contributed by atoms with van der Waals surface area (Å²) in [7, 11) is 1.43. The molecule has 0 fully saturated rings. The van der Waals surface area contributed by atoms with Crippen LogP contribution in [0.2, 0.25) is 0 Å². The lowest BCUT2D eigenvalue weighted by Gasteiger charge is -2.25. The summed E-state index contributed by atoms with van der Waals surface area (Å²) in [5, 5.41) is 0. The van der Waals surface area contributed by atoms with Crippen LogP contribution in [-0.4, -0.2) is 37.0 Å². The topological polar surface area (TPSA) is 46.6 Å². The smallest absolute Gasteiger partial charge is 0.311 e. The van der Waals surface area contributed by atoms with Crippen molar-refractivity contribution in [2.24, 2.45) is 5.41 Å². The zero-order valence-electron chi connectivity index (χ0n) is 18.1. The van der Waals surface area contributed by atoms with E-state index < -0.39 is 5.41 Å². The monoisotopic (exact) mass is 369 g/mol. The Balaban J connectivity index is 3.81. The Morgan fingerprint density at radius 3 is 1.73 bits per heavy atom. The van der Waals surface area contributed by atoms with Crippen molar-refractivity contribution in [3.63, 3.8) is 0 Å². The number of unbranched alkanes of at least 4 members (excludes halogenated alkanes) is 9. The molecule has 0 saturated heterocycles. The van der Waals surface area contributed by atoms with Gasteiger partial charge in [-0.3, -0.25) is 9.59 Å². The number of nitrogens with zero attached hydrogens (tertiary/aromatic N) is 1. The van der Waals surface area contributed by atoms with E-state index in [1.807, 2.05) is 18.7 Å². The summed E-state index contributed by atoms with van der Waals surface area (Å²) >= 11 is 0. The molecule has 4 heteroatoms. The van der Waals surface area contributed by atoms with Gasteiger partial charge in [0.1, 0.15) is 0 Å². The normalized spacial score (nSPS) is 11.4. The zero-order chi connectivity index (χ0) is 19.8. The maximum absolute atomic E-state index is 11.8. The minimum Gasteiger partial charge on any atom is -0.469 e. The van der Waals surface area contributed by atoms with E-state index in [0.717, 1.165) is 32.4 Å². The van der Waals surface area contributed by atoms with Gasteiger partial charge < -0.3 is 9.64 Å². The molecule has 1 amide bonds. The van der Waals surface area contributed by atoms with E-state index in [4.69, 9.17) is 4.74 Å². The van der Waals surface area contributed by atoms with Crippen LogP contribution < -0.4 is 0 Å². The van der Waals surface area contributed by atoms with Gasteiger partial charge in [-0.15, -0.1) is 0 Å². The summed E-state index contributed by atoms with van der Waals surface area (Å²) in [4.78, 5) is 25.5. The van der Waals surface area contributed by atoms with Gasteiger partial charge in [0.15, 0.2) is 0 Å². The largest absolute Gasteiger partial charge is 0.469 e. The van der Waals surface area contributed by atoms with Crippen molar-refractivity contribution in [2.75, 3.05) is 20.2 Å². The van der Waals surface area contributed by atoms with Crippen LogP contribution in [0.1, 0.15) is 105 Å². The highest BCUT2D eigenvalue weighted by Crippen LogP contribution is 2.24. The standard InChI is InChI=1S/C22H43NO3/c1-6-7-8-9-10-11-12-13-14-15-18-23(20(2)24)19-16-17-22(3,4)21(25)26-5/h6-19H2,1-5H3. The molecule has 0 saturated carbocycles. The molecule has 0 aliphatic carbocycles. The van der Waals surface area contributed by atoms with Gasteiger partial charge in [0, 0.05) is 20.0 Å². The van der Waals surface area contributed by atoms with Crippen molar-refractivity contribution in [3.05, 3.63) is 0 Å². The third-order valence-electron chi connectivity index (χ3n) is 5.19. The maximum Gasteiger partial charge on any atom is 0.311 e. The van der Waals surface area contributed by atoms with Gasteiger partial charge in [0.05, 0.1) is 12.5 Å². The summed E-state index contributed by atoms with van der Waals surface area (Å²) in [6, 6.07) is 0. The molecule has 0 spiro atoms. The highest BCUT2D eigenvalue weighted by Gasteiger charge is 2.28. The molecule has 0 aliphatic rings. The van der Waals surface area contributed by atoms with Crippen LogP contribution in [0.25, 0.3) is 0 Å². The van der Waals surface area contributed by atoms with Gasteiger partial charge in [-0.2, -0.15) is 0 Å². The van der Waals surface area contributed by atoms with Crippen LogP contribution in [0, 0.1) is 5.41 Å². The summed E-state index contributed by atoms with van der Waals surface area (Å²) in [6.45, 7) is 9.27. The first-order valence-electron chi connectivity index (χ1n) is 10.7. The lowest BCUT2D eigenvalue weighted by atomic mass is 9.88. The molecule has 4 nitrogen and oxygen atoms in total. The van der Waals surface area contributed by atoms with E-state index in [0.29, 0.717) is 0 Å². The third-order valence-corrected chi connectivity index (χ3v) is 5.19. The maximum atomic E-state index is 11.8. The molecule has 0 atom stereocenters. The first-order valence-corrected chi connectivity index (χ1v) is 10.7. The Morgan fingerprint density at radius 1 is 0.808 bits per heavy atom. The molecule has 0 unspecified atom stereocenters. The van der Waals surface area contributed by atoms with Crippen molar-refractivity contribution in [1.29, 1.82) is 0 Å². The average Bonchev–Trinajstić information content (AvgIpc) is 2.60. The second kappa shape index (κ2) is 15.0. The quantitative estimate of drug-likeness (QED) is 0.258. The fourth-order valence-electron chi connectivity index (χ4n) is 3.31. The second-order valence-corrected chi connectivity index (χ2v) is 8.17. The van der Waals surface area contributed by atoms with Gasteiger partial charge in [0.25, 0.3) is 0 Å². The van der Waals surface area contributed by atoms with E-state index in [2.05, 4.69) is 6.92 Å². The third kappa shape index (κ3) is 12.3. The first-order chi connectivity index (χ1) is 12.3. The molecule has 0 aliphatic heterocycles. The number of carbonyl (C=O) groups is 2.